The van der Waals surface area contributed by atoms with Crippen molar-refractivity contribution in [3.05, 3.63) is 80.6 Å². The first-order valence-electron chi connectivity index (χ1n) is 10.9. The third-order valence-corrected chi connectivity index (χ3v) is 6.80. The molecule has 2 aromatic heterocycles. The van der Waals surface area contributed by atoms with Crippen LogP contribution in [0.5, 0.6) is 5.75 Å². The second kappa shape index (κ2) is 8.44. The van der Waals surface area contributed by atoms with Gasteiger partial charge in [0.2, 0.25) is 10.9 Å². The number of aromatic nitrogens is 2. The third-order valence-electron chi connectivity index (χ3n) is 5.58. The quantitative estimate of drug-likeness (QED) is 0.387. The Balaban J connectivity index is 1.69. The fraction of sp³-hybridized carbons (Fsp3) is 0.280. The lowest BCUT2D eigenvalue weighted by atomic mass is 9.98. The molecule has 1 aliphatic heterocycles. The summed E-state index contributed by atoms with van der Waals surface area (Å²) in [6.07, 6.45) is 0.906. The largest absolute Gasteiger partial charge is 0.494 e. The van der Waals surface area contributed by atoms with E-state index in [9.17, 15) is 9.59 Å². The molecule has 0 saturated carbocycles. The van der Waals surface area contributed by atoms with Crippen LogP contribution in [0.3, 0.4) is 0 Å². The minimum Gasteiger partial charge on any atom is -0.494 e. The number of ether oxygens (including phenoxy) is 1. The number of hydrogen-bond acceptors (Lipinski definition) is 7. The second-order valence-electron chi connectivity index (χ2n) is 8.24. The van der Waals surface area contributed by atoms with Gasteiger partial charge in [0, 0.05) is 5.92 Å². The molecule has 0 unspecified atom stereocenters. The predicted molar refractivity (Wildman–Crippen MR) is 127 cm³/mol. The lowest BCUT2D eigenvalue weighted by Crippen LogP contribution is -2.29. The summed E-state index contributed by atoms with van der Waals surface area (Å²) in [6, 6.07) is 13.8. The highest BCUT2D eigenvalue weighted by Crippen LogP contribution is 2.42. The van der Waals surface area contributed by atoms with Crippen LogP contribution in [0, 0.1) is 0 Å². The summed E-state index contributed by atoms with van der Waals surface area (Å²) in [4.78, 5) is 28.7. The Morgan fingerprint density at radius 1 is 1.09 bits per heavy atom. The lowest BCUT2D eigenvalue weighted by molar-refractivity contribution is 0.0970. The van der Waals surface area contributed by atoms with Crippen molar-refractivity contribution in [2.45, 2.75) is 39.2 Å². The van der Waals surface area contributed by atoms with E-state index in [1.165, 1.54) is 16.2 Å². The van der Waals surface area contributed by atoms with E-state index in [1.807, 2.05) is 45.0 Å². The van der Waals surface area contributed by atoms with E-state index in [0.717, 1.165) is 22.7 Å². The maximum atomic E-state index is 13.6. The van der Waals surface area contributed by atoms with Crippen molar-refractivity contribution < 1.29 is 13.9 Å². The molecule has 7 nitrogen and oxygen atoms in total. The molecule has 33 heavy (non-hydrogen) atoms. The van der Waals surface area contributed by atoms with E-state index >= 15 is 0 Å². The summed E-state index contributed by atoms with van der Waals surface area (Å²) >= 11 is 1.35. The van der Waals surface area contributed by atoms with Crippen molar-refractivity contribution in [3.8, 4) is 5.75 Å². The SMILES string of the molecule is CCCOc1ccc([C@H]2c3c(oc4ccccc4c3=O)C(=O)N2c2nnc(C(C)C)s2)cc1. The van der Waals surface area contributed by atoms with Crippen LogP contribution in [-0.4, -0.2) is 22.7 Å². The van der Waals surface area contributed by atoms with Crippen molar-refractivity contribution in [2.24, 2.45) is 0 Å². The number of hydrogen-bond donors (Lipinski definition) is 0. The molecule has 5 rings (SSSR count). The Hall–Kier alpha value is -3.52. The van der Waals surface area contributed by atoms with Gasteiger partial charge in [-0.15, -0.1) is 10.2 Å². The zero-order valence-electron chi connectivity index (χ0n) is 18.6. The topological polar surface area (TPSA) is 85.5 Å². The molecule has 168 valence electrons. The van der Waals surface area contributed by atoms with E-state index in [2.05, 4.69) is 10.2 Å². The van der Waals surface area contributed by atoms with Gasteiger partial charge < -0.3 is 9.15 Å². The smallest absolute Gasteiger partial charge is 0.297 e. The van der Waals surface area contributed by atoms with Gasteiger partial charge in [0.15, 0.2) is 5.43 Å². The summed E-state index contributed by atoms with van der Waals surface area (Å²) in [5, 5.41) is 10.3. The van der Waals surface area contributed by atoms with Crippen LogP contribution in [0.2, 0.25) is 0 Å². The number of amides is 1. The van der Waals surface area contributed by atoms with Crippen molar-refractivity contribution in [2.75, 3.05) is 11.5 Å². The Kier molecular flexibility index (Phi) is 5.46. The van der Waals surface area contributed by atoms with Gasteiger partial charge in [0.1, 0.15) is 16.3 Å². The normalized spacial score (nSPS) is 15.5. The first-order valence-corrected chi connectivity index (χ1v) is 11.8. The van der Waals surface area contributed by atoms with Crippen LogP contribution < -0.4 is 15.1 Å². The number of carbonyl (C=O) groups excluding carboxylic acids is 1. The monoisotopic (exact) mass is 461 g/mol. The predicted octanol–water partition coefficient (Wildman–Crippen LogP) is 5.31. The van der Waals surface area contributed by atoms with Gasteiger partial charge in [0.25, 0.3) is 5.91 Å². The molecule has 3 heterocycles. The maximum absolute atomic E-state index is 13.6. The molecule has 0 bridgehead atoms. The molecule has 0 radical (unpaired) electrons. The number of benzene rings is 2. The van der Waals surface area contributed by atoms with Gasteiger partial charge in [-0.3, -0.25) is 14.5 Å². The summed E-state index contributed by atoms with van der Waals surface area (Å²) < 4.78 is 11.7. The molecule has 8 heteroatoms. The zero-order valence-corrected chi connectivity index (χ0v) is 19.4. The molecule has 0 spiro atoms. The summed E-state index contributed by atoms with van der Waals surface area (Å²) in [5.41, 5.74) is 1.27. The average Bonchev–Trinajstić information content (AvgIpc) is 3.42. The highest BCUT2D eigenvalue weighted by molar-refractivity contribution is 7.15. The van der Waals surface area contributed by atoms with Crippen molar-refractivity contribution in [3.63, 3.8) is 0 Å². The molecule has 0 N–H and O–H groups in total. The van der Waals surface area contributed by atoms with Gasteiger partial charge in [-0.05, 0) is 36.2 Å². The van der Waals surface area contributed by atoms with E-state index in [4.69, 9.17) is 9.15 Å². The minimum atomic E-state index is -0.665. The van der Waals surface area contributed by atoms with Gasteiger partial charge in [0.05, 0.1) is 23.6 Å². The molecule has 4 aromatic rings. The Labute approximate surface area is 194 Å². The fourth-order valence-electron chi connectivity index (χ4n) is 3.96. The molecule has 1 atom stereocenters. The number of nitrogens with zero attached hydrogens (tertiary/aromatic N) is 3. The van der Waals surface area contributed by atoms with Crippen LogP contribution >= 0.6 is 11.3 Å². The summed E-state index contributed by atoms with van der Waals surface area (Å²) in [6.45, 7) is 6.71. The Bertz CT molecular complexity index is 1390. The number of para-hydroxylation sites is 1. The summed E-state index contributed by atoms with van der Waals surface area (Å²) in [5.74, 6) is 0.569. The third kappa shape index (κ3) is 3.60. The second-order valence-corrected chi connectivity index (χ2v) is 9.23. The number of carbonyl (C=O) groups is 1. The van der Waals surface area contributed by atoms with Crippen LogP contribution in [0.4, 0.5) is 5.13 Å². The number of anilines is 1. The molecule has 1 aliphatic rings. The first kappa shape index (κ1) is 21.3. The average molecular weight is 462 g/mol. The van der Waals surface area contributed by atoms with Crippen LogP contribution in [0.1, 0.15) is 65.8 Å². The maximum Gasteiger partial charge on any atom is 0.297 e. The lowest BCUT2D eigenvalue weighted by Gasteiger charge is -2.22. The summed E-state index contributed by atoms with van der Waals surface area (Å²) in [7, 11) is 0. The highest BCUT2D eigenvalue weighted by atomic mass is 32.1. The Morgan fingerprint density at radius 2 is 1.85 bits per heavy atom. The van der Waals surface area contributed by atoms with E-state index in [-0.39, 0.29) is 17.1 Å². The van der Waals surface area contributed by atoms with E-state index < -0.39 is 11.9 Å². The van der Waals surface area contributed by atoms with Gasteiger partial charge in [-0.1, -0.05) is 56.4 Å². The van der Waals surface area contributed by atoms with E-state index in [1.54, 1.807) is 24.3 Å². The van der Waals surface area contributed by atoms with Crippen molar-refractivity contribution in [1.82, 2.24) is 10.2 Å². The minimum absolute atomic E-state index is 0.0521. The molecule has 2 aromatic carbocycles. The van der Waals surface area contributed by atoms with Gasteiger partial charge in [-0.2, -0.15) is 0 Å². The Morgan fingerprint density at radius 3 is 2.55 bits per heavy atom. The van der Waals surface area contributed by atoms with Gasteiger partial charge >= 0.3 is 0 Å². The number of rotatable bonds is 6. The molecular formula is C25H23N3O4S. The molecular weight excluding hydrogens is 438 g/mol. The zero-order chi connectivity index (χ0) is 23.1. The molecule has 0 fully saturated rings. The van der Waals surface area contributed by atoms with Gasteiger partial charge in [-0.25, -0.2) is 0 Å². The molecule has 0 aliphatic carbocycles. The van der Waals surface area contributed by atoms with Crippen LogP contribution in [-0.2, 0) is 0 Å². The molecule has 1 amide bonds. The van der Waals surface area contributed by atoms with Crippen molar-refractivity contribution >= 4 is 33.3 Å². The van der Waals surface area contributed by atoms with Crippen LogP contribution in [0.15, 0.2) is 57.7 Å². The number of fused-ring (bicyclic) bond motifs is 2. The van der Waals surface area contributed by atoms with Crippen molar-refractivity contribution in [1.29, 1.82) is 0 Å². The standard InChI is InChI=1S/C25H23N3O4S/c1-4-13-31-16-11-9-15(10-12-16)20-19-21(29)17-7-5-6-8-18(17)32-22(19)24(30)28(20)25-27-26-23(33-25)14(2)3/h5-12,14,20H,4,13H2,1-3H3/t20-/m0/s1. The van der Waals surface area contributed by atoms with E-state index in [0.29, 0.717) is 28.3 Å². The molecule has 0 saturated heterocycles. The first-order chi connectivity index (χ1) is 16.0. The van der Waals surface area contributed by atoms with Crippen LogP contribution in [0.25, 0.3) is 11.0 Å². The fourth-order valence-corrected chi connectivity index (χ4v) is 4.83. The highest BCUT2D eigenvalue weighted by Gasteiger charge is 2.45.